The molecule has 1 N–H and O–H groups in total. The largest absolute Gasteiger partial charge is 0.469 e. The van der Waals surface area contributed by atoms with E-state index in [-0.39, 0.29) is 28.6 Å². The standard InChI is InChI=1S/C13H25NO3S/c1-7-13(4,5)14-11(15)10(3)18-8-9(2)12(16)17-6/h9-10H,7-8H2,1-6H3,(H,14,15). The van der Waals surface area contributed by atoms with Gasteiger partial charge in [-0.15, -0.1) is 11.8 Å². The number of thioether (sulfide) groups is 1. The summed E-state index contributed by atoms with van der Waals surface area (Å²) >= 11 is 1.47. The molecule has 0 aliphatic carbocycles. The Bertz CT molecular complexity index is 292. The van der Waals surface area contributed by atoms with Crippen LogP contribution < -0.4 is 5.32 Å². The topological polar surface area (TPSA) is 55.4 Å². The van der Waals surface area contributed by atoms with Crippen LogP contribution in [0.3, 0.4) is 0 Å². The molecule has 1 amide bonds. The molecular weight excluding hydrogens is 250 g/mol. The van der Waals surface area contributed by atoms with Crippen LogP contribution in [0.2, 0.25) is 0 Å². The Hall–Kier alpha value is -0.710. The maximum atomic E-state index is 11.9. The van der Waals surface area contributed by atoms with Crippen LogP contribution in [-0.2, 0) is 14.3 Å². The molecule has 0 saturated heterocycles. The van der Waals surface area contributed by atoms with Crippen molar-refractivity contribution in [2.24, 2.45) is 5.92 Å². The lowest BCUT2D eigenvalue weighted by Gasteiger charge is -2.26. The predicted molar refractivity (Wildman–Crippen MR) is 75.6 cm³/mol. The van der Waals surface area contributed by atoms with Crippen LogP contribution in [0.4, 0.5) is 0 Å². The van der Waals surface area contributed by atoms with E-state index >= 15 is 0 Å². The van der Waals surface area contributed by atoms with Crippen molar-refractivity contribution >= 4 is 23.6 Å². The van der Waals surface area contributed by atoms with Crippen molar-refractivity contribution in [3.05, 3.63) is 0 Å². The fourth-order valence-electron chi connectivity index (χ4n) is 1.16. The average molecular weight is 275 g/mol. The third-order valence-corrected chi connectivity index (χ3v) is 4.32. The van der Waals surface area contributed by atoms with E-state index in [0.29, 0.717) is 5.75 Å². The van der Waals surface area contributed by atoms with Crippen LogP contribution in [0.5, 0.6) is 0 Å². The van der Waals surface area contributed by atoms with Gasteiger partial charge in [0.15, 0.2) is 0 Å². The zero-order valence-electron chi connectivity index (χ0n) is 12.2. The second-order valence-electron chi connectivity index (χ2n) is 5.13. The fourth-order valence-corrected chi connectivity index (χ4v) is 2.08. The lowest BCUT2D eigenvalue weighted by molar-refractivity contribution is -0.144. The van der Waals surface area contributed by atoms with E-state index in [1.165, 1.54) is 18.9 Å². The molecule has 0 rings (SSSR count). The first-order valence-corrected chi connectivity index (χ1v) is 7.29. The van der Waals surface area contributed by atoms with Gasteiger partial charge in [0.25, 0.3) is 0 Å². The summed E-state index contributed by atoms with van der Waals surface area (Å²) in [6.45, 7) is 9.70. The van der Waals surface area contributed by atoms with Crippen molar-refractivity contribution in [1.29, 1.82) is 0 Å². The van der Waals surface area contributed by atoms with Crippen molar-refractivity contribution in [1.82, 2.24) is 5.32 Å². The molecule has 0 fully saturated rings. The van der Waals surface area contributed by atoms with E-state index in [1.807, 2.05) is 27.7 Å². The summed E-state index contributed by atoms with van der Waals surface area (Å²) in [4.78, 5) is 23.2. The summed E-state index contributed by atoms with van der Waals surface area (Å²) in [6, 6.07) is 0. The lowest BCUT2D eigenvalue weighted by atomic mass is 10.0. The van der Waals surface area contributed by atoms with Crippen molar-refractivity contribution in [3.63, 3.8) is 0 Å². The molecule has 0 aliphatic rings. The molecule has 2 unspecified atom stereocenters. The molecule has 0 bridgehead atoms. The Kier molecular flexibility index (Phi) is 7.36. The quantitative estimate of drug-likeness (QED) is 0.724. The molecule has 0 heterocycles. The SMILES string of the molecule is CCC(C)(C)NC(=O)C(C)SCC(C)C(=O)OC. The molecule has 0 saturated carbocycles. The number of ether oxygens (including phenoxy) is 1. The zero-order chi connectivity index (χ0) is 14.3. The normalized spacial score (nSPS) is 14.8. The Balaban J connectivity index is 4.14. The minimum absolute atomic E-state index is 0.0175. The molecular formula is C13H25NO3S. The zero-order valence-corrected chi connectivity index (χ0v) is 13.0. The monoisotopic (exact) mass is 275 g/mol. The second-order valence-corrected chi connectivity index (χ2v) is 6.50. The van der Waals surface area contributed by atoms with Crippen LogP contribution in [0.25, 0.3) is 0 Å². The van der Waals surface area contributed by atoms with E-state index in [4.69, 9.17) is 0 Å². The van der Waals surface area contributed by atoms with E-state index in [9.17, 15) is 9.59 Å². The molecule has 4 nitrogen and oxygen atoms in total. The Morgan fingerprint density at radius 2 is 1.89 bits per heavy atom. The molecule has 18 heavy (non-hydrogen) atoms. The van der Waals surface area contributed by atoms with Gasteiger partial charge in [0.1, 0.15) is 0 Å². The van der Waals surface area contributed by atoms with E-state index in [0.717, 1.165) is 6.42 Å². The van der Waals surface area contributed by atoms with Crippen LogP contribution in [0.1, 0.15) is 41.0 Å². The predicted octanol–water partition coefficient (Wildman–Crippen LogP) is 2.22. The number of carbonyl (C=O) groups is 2. The first-order chi connectivity index (χ1) is 8.23. The number of hydrogen-bond acceptors (Lipinski definition) is 4. The van der Waals surface area contributed by atoms with E-state index < -0.39 is 0 Å². The Morgan fingerprint density at radius 3 is 2.33 bits per heavy atom. The Labute approximate surface area is 114 Å². The van der Waals surface area contributed by atoms with Crippen LogP contribution in [0.15, 0.2) is 0 Å². The molecule has 0 aromatic heterocycles. The van der Waals surface area contributed by atoms with Gasteiger partial charge in [-0.2, -0.15) is 0 Å². The van der Waals surface area contributed by atoms with Crippen molar-refractivity contribution in [2.45, 2.75) is 51.8 Å². The second kappa shape index (κ2) is 7.67. The molecule has 0 aliphatic heterocycles. The summed E-state index contributed by atoms with van der Waals surface area (Å²) in [6.07, 6.45) is 0.884. The number of rotatable bonds is 7. The molecule has 5 heteroatoms. The van der Waals surface area contributed by atoms with Gasteiger partial charge in [-0.05, 0) is 27.2 Å². The minimum Gasteiger partial charge on any atom is -0.469 e. The Morgan fingerprint density at radius 1 is 1.33 bits per heavy atom. The van der Waals surface area contributed by atoms with Gasteiger partial charge in [-0.1, -0.05) is 13.8 Å². The van der Waals surface area contributed by atoms with E-state index in [2.05, 4.69) is 10.1 Å². The summed E-state index contributed by atoms with van der Waals surface area (Å²) in [7, 11) is 1.38. The first kappa shape index (κ1) is 17.3. The number of amides is 1. The summed E-state index contributed by atoms with van der Waals surface area (Å²) in [5, 5.41) is 2.83. The van der Waals surface area contributed by atoms with Gasteiger partial charge in [0.05, 0.1) is 18.3 Å². The smallest absolute Gasteiger partial charge is 0.309 e. The fraction of sp³-hybridized carbons (Fsp3) is 0.846. The number of hydrogen-bond donors (Lipinski definition) is 1. The highest BCUT2D eigenvalue weighted by Crippen LogP contribution is 2.17. The molecule has 0 aromatic carbocycles. The summed E-state index contributed by atoms with van der Waals surface area (Å²) in [5.74, 6) is 0.190. The number of esters is 1. The summed E-state index contributed by atoms with van der Waals surface area (Å²) in [5.41, 5.74) is -0.181. The van der Waals surface area contributed by atoms with Gasteiger partial charge in [-0.25, -0.2) is 0 Å². The molecule has 2 atom stereocenters. The highest BCUT2D eigenvalue weighted by molar-refractivity contribution is 8.00. The third kappa shape index (κ3) is 6.28. The van der Waals surface area contributed by atoms with Crippen molar-refractivity contribution in [2.75, 3.05) is 12.9 Å². The molecule has 0 aromatic rings. The highest BCUT2D eigenvalue weighted by atomic mass is 32.2. The van der Waals surface area contributed by atoms with Crippen LogP contribution in [0, 0.1) is 5.92 Å². The number of nitrogens with one attached hydrogen (secondary N) is 1. The number of carbonyl (C=O) groups excluding carboxylic acids is 2. The van der Waals surface area contributed by atoms with Gasteiger partial charge >= 0.3 is 5.97 Å². The number of methoxy groups -OCH3 is 1. The van der Waals surface area contributed by atoms with Crippen LogP contribution in [-0.4, -0.2) is 35.5 Å². The van der Waals surface area contributed by atoms with E-state index in [1.54, 1.807) is 6.92 Å². The summed E-state index contributed by atoms with van der Waals surface area (Å²) < 4.78 is 4.65. The highest BCUT2D eigenvalue weighted by Gasteiger charge is 2.23. The van der Waals surface area contributed by atoms with Crippen molar-refractivity contribution < 1.29 is 14.3 Å². The van der Waals surface area contributed by atoms with Crippen LogP contribution >= 0.6 is 11.8 Å². The third-order valence-electron chi connectivity index (χ3n) is 2.91. The molecule has 0 spiro atoms. The average Bonchev–Trinajstić information content (AvgIpc) is 2.33. The molecule has 0 radical (unpaired) electrons. The lowest BCUT2D eigenvalue weighted by Crippen LogP contribution is -2.46. The maximum Gasteiger partial charge on any atom is 0.309 e. The maximum absolute atomic E-state index is 11.9. The molecule has 106 valence electrons. The first-order valence-electron chi connectivity index (χ1n) is 6.25. The van der Waals surface area contributed by atoms with Gasteiger partial charge in [-0.3, -0.25) is 9.59 Å². The van der Waals surface area contributed by atoms with Gasteiger partial charge in [0.2, 0.25) is 5.91 Å². The van der Waals surface area contributed by atoms with Gasteiger partial charge < -0.3 is 10.1 Å². The van der Waals surface area contributed by atoms with Crippen molar-refractivity contribution in [3.8, 4) is 0 Å². The minimum atomic E-state index is -0.232. The van der Waals surface area contributed by atoms with Gasteiger partial charge in [0, 0.05) is 11.3 Å².